The van der Waals surface area contributed by atoms with Gasteiger partial charge in [-0.15, -0.1) is 0 Å². The molecule has 0 saturated carbocycles. The minimum Gasteiger partial charge on any atom is -0.490 e. The molecule has 3 aromatic carbocycles. The number of nitrogens with zero attached hydrogens (tertiary/aromatic N) is 2. The van der Waals surface area contributed by atoms with Gasteiger partial charge in [-0.2, -0.15) is 13.2 Å². The number of alkyl halides is 3. The first-order chi connectivity index (χ1) is 23.3. The summed E-state index contributed by atoms with van der Waals surface area (Å²) in [7, 11) is 2.05. The number of fused-ring (bicyclic) bond motifs is 1. The summed E-state index contributed by atoms with van der Waals surface area (Å²) in [5, 5.41) is 15.4. The van der Waals surface area contributed by atoms with Gasteiger partial charge in [0.05, 0.1) is 36.0 Å². The van der Waals surface area contributed by atoms with Gasteiger partial charge in [-0.25, -0.2) is 4.79 Å². The fourth-order valence-electron chi connectivity index (χ4n) is 5.77. The van der Waals surface area contributed by atoms with E-state index >= 15 is 0 Å². The predicted molar refractivity (Wildman–Crippen MR) is 184 cm³/mol. The van der Waals surface area contributed by atoms with Crippen molar-refractivity contribution in [3.05, 3.63) is 89.5 Å². The first-order valence-electron chi connectivity index (χ1n) is 16.7. The number of nitrogens with one attached hydrogen (secondary N) is 2. The molecular formula is C37H47F3N4O5. The number of amides is 3. The van der Waals surface area contributed by atoms with Crippen LogP contribution in [-0.2, 0) is 17.5 Å². The summed E-state index contributed by atoms with van der Waals surface area (Å²) in [5.74, 6) is -0.129. The molecular weight excluding hydrogens is 637 g/mol. The summed E-state index contributed by atoms with van der Waals surface area (Å²) in [6.07, 6.45) is -2.45. The van der Waals surface area contributed by atoms with Crippen molar-refractivity contribution in [3.8, 4) is 5.75 Å². The zero-order chi connectivity index (χ0) is 35.6. The molecule has 0 radical (unpaired) electrons. The Balaban J connectivity index is 1.57. The van der Waals surface area contributed by atoms with Gasteiger partial charge < -0.3 is 30.1 Å². The molecule has 49 heavy (non-hydrogen) atoms. The Kier molecular flexibility index (Phi) is 13.5. The van der Waals surface area contributed by atoms with Crippen LogP contribution in [0.15, 0.2) is 72.8 Å². The molecule has 1 heterocycles. The third kappa shape index (κ3) is 11.2. The largest absolute Gasteiger partial charge is 0.490 e. The smallest absolute Gasteiger partial charge is 0.416 e. The van der Waals surface area contributed by atoms with Crippen LogP contribution in [0, 0.1) is 5.92 Å². The standard InChI is InChI=1S/C37H47F3N4O5/c1-25-21-44(26(2)24-45)35(46)32-20-31(42-36(47)41-30-15-13-29(14-16-30)37(38,39)40)17-18-33(32)49-27(3)10-8-9-19-48-34(25)23-43(4)22-28-11-6-5-7-12-28/h5-7,11-18,20,25-27,34,45H,8-10,19,21-24H2,1-4H3,(H2,41,42,47)/t25-,26-,27-,34-/m1/s1. The molecule has 1 aliphatic heterocycles. The van der Waals surface area contributed by atoms with Gasteiger partial charge in [0, 0.05) is 43.5 Å². The van der Waals surface area contributed by atoms with Gasteiger partial charge in [-0.05, 0) is 88.2 Å². The van der Waals surface area contributed by atoms with Crippen LogP contribution in [-0.4, -0.2) is 78.4 Å². The molecule has 0 saturated heterocycles. The number of hydrogen-bond acceptors (Lipinski definition) is 6. The maximum Gasteiger partial charge on any atom is 0.416 e. The first kappa shape index (κ1) is 37.7. The molecule has 3 amide bonds. The van der Waals surface area contributed by atoms with Gasteiger partial charge in [0.2, 0.25) is 0 Å². The lowest BCUT2D eigenvalue weighted by Crippen LogP contribution is -2.47. The Labute approximate surface area is 286 Å². The highest BCUT2D eigenvalue weighted by Crippen LogP contribution is 2.31. The number of benzene rings is 3. The number of carbonyl (C=O) groups excluding carboxylic acids is 2. The molecule has 266 valence electrons. The summed E-state index contributed by atoms with van der Waals surface area (Å²) in [4.78, 5) is 31.0. The zero-order valence-corrected chi connectivity index (χ0v) is 28.5. The van der Waals surface area contributed by atoms with Crippen molar-refractivity contribution in [1.82, 2.24) is 9.80 Å². The van der Waals surface area contributed by atoms with E-state index in [0.29, 0.717) is 25.4 Å². The van der Waals surface area contributed by atoms with E-state index in [2.05, 4.69) is 27.7 Å². The van der Waals surface area contributed by atoms with Gasteiger partial charge in [0.25, 0.3) is 5.91 Å². The zero-order valence-electron chi connectivity index (χ0n) is 28.5. The lowest BCUT2D eigenvalue weighted by molar-refractivity contribution is -0.137. The van der Waals surface area contributed by atoms with E-state index in [4.69, 9.17) is 9.47 Å². The Morgan fingerprint density at radius 3 is 2.37 bits per heavy atom. The predicted octanol–water partition coefficient (Wildman–Crippen LogP) is 7.28. The number of anilines is 2. The van der Waals surface area contributed by atoms with Gasteiger partial charge in [0.1, 0.15) is 5.75 Å². The van der Waals surface area contributed by atoms with Crippen molar-refractivity contribution in [2.24, 2.45) is 5.92 Å². The summed E-state index contributed by atoms with van der Waals surface area (Å²) < 4.78 is 51.5. The van der Waals surface area contributed by atoms with Gasteiger partial charge >= 0.3 is 12.2 Å². The fourth-order valence-corrected chi connectivity index (χ4v) is 5.77. The SMILES string of the molecule is C[C@@H]1CCCCO[C@H](CN(C)Cc2ccccc2)[C@H](C)CN([C@H](C)CO)C(=O)c2cc(NC(=O)Nc3ccc(C(F)(F)F)cc3)ccc2O1. The van der Waals surface area contributed by atoms with Gasteiger partial charge in [-0.1, -0.05) is 37.3 Å². The molecule has 0 bridgehead atoms. The van der Waals surface area contributed by atoms with Crippen LogP contribution in [0.25, 0.3) is 0 Å². The first-order valence-corrected chi connectivity index (χ1v) is 16.7. The lowest BCUT2D eigenvalue weighted by atomic mass is 10.0. The monoisotopic (exact) mass is 684 g/mol. The Morgan fingerprint density at radius 1 is 1.02 bits per heavy atom. The number of rotatable bonds is 8. The quantitative estimate of drug-likeness (QED) is 0.231. The van der Waals surface area contributed by atoms with Crippen molar-refractivity contribution in [1.29, 1.82) is 0 Å². The molecule has 1 aliphatic rings. The van der Waals surface area contributed by atoms with Crippen LogP contribution in [0.3, 0.4) is 0 Å². The topological polar surface area (TPSA) is 103 Å². The molecule has 4 rings (SSSR count). The van der Waals surface area contributed by atoms with Crippen molar-refractivity contribution in [3.63, 3.8) is 0 Å². The number of aliphatic hydroxyl groups excluding tert-OH is 1. The third-order valence-electron chi connectivity index (χ3n) is 8.57. The van der Waals surface area contributed by atoms with Crippen molar-refractivity contribution >= 4 is 23.3 Å². The van der Waals surface area contributed by atoms with E-state index in [1.165, 1.54) is 11.6 Å². The van der Waals surface area contributed by atoms with E-state index in [-0.39, 0.29) is 47.6 Å². The minimum absolute atomic E-state index is 0.0989. The van der Waals surface area contributed by atoms with E-state index in [1.54, 1.807) is 24.0 Å². The fraction of sp³-hybridized carbons (Fsp3) is 0.459. The van der Waals surface area contributed by atoms with Crippen molar-refractivity contribution in [2.75, 3.05) is 44.0 Å². The van der Waals surface area contributed by atoms with Crippen LogP contribution in [0.5, 0.6) is 5.75 Å². The van der Waals surface area contributed by atoms with Crippen LogP contribution >= 0.6 is 0 Å². The Morgan fingerprint density at radius 2 is 1.69 bits per heavy atom. The summed E-state index contributed by atoms with van der Waals surface area (Å²) >= 11 is 0. The highest BCUT2D eigenvalue weighted by Gasteiger charge is 2.31. The number of likely N-dealkylation sites (N-methyl/N-ethyl adjacent to an activating group) is 1. The molecule has 0 fully saturated rings. The van der Waals surface area contributed by atoms with E-state index in [1.807, 2.05) is 39.1 Å². The van der Waals surface area contributed by atoms with Crippen LogP contribution in [0.1, 0.15) is 61.5 Å². The molecule has 3 aromatic rings. The van der Waals surface area contributed by atoms with Gasteiger partial charge in [-0.3, -0.25) is 9.69 Å². The Hall–Kier alpha value is -4.13. The van der Waals surface area contributed by atoms with Crippen LogP contribution in [0.4, 0.5) is 29.3 Å². The van der Waals surface area contributed by atoms with Crippen molar-refractivity contribution < 1.29 is 37.3 Å². The second kappa shape index (κ2) is 17.5. The van der Waals surface area contributed by atoms with E-state index in [9.17, 15) is 27.9 Å². The Bertz CT molecular complexity index is 1510. The summed E-state index contributed by atoms with van der Waals surface area (Å²) in [6, 6.07) is 17.8. The molecule has 0 spiro atoms. The summed E-state index contributed by atoms with van der Waals surface area (Å²) in [5.41, 5.74) is 1.02. The molecule has 0 unspecified atom stereocenters. The van der Waals surface area contributed by atoms with E-state index in [0.717, 1.165) is 50.1 Å². The van der Waals surface area contributed by atoms with Crippen LogP contribution < -0.4 is 15.4 Å². The van der Waals surface area contributed by atoms with E-state index < -0.39 is 23.8 Å². The third-order valence-corrected chi connectivity index (χ3v) is 8.57. The highest BCUT2D eigenvalue weighted by molar-refractivity contribution is 6.02. The van der Waals surface area contributed by atoms with Crippen LogP contribution in [0.2, 0.25) is 0 Å². The number of carbonyl (C=O) groups is 2. The van der Waals surface area contributed by atoms with Crippen molar-refractivity contribution in [2.45, 2.75) is 71.0 Å². The molecule has 9 nitrogen and oxygen atoms in total. The molecule has 3 N–H and O–H groups in total. The number of halogens is 3. The molecule has 0 aromatic heterocycles. The highest BCUT2D eigenvalue weighted by atomic mass is 19.4. The second-order valence-electron chi connectivity index (χ2n) is 12.8. The minimum atomic E-state index is -4.49. The average Bonchev–Trinajstić information content (AvgIpc) is 3.06. The maximum absolute atomic E-state index is 14.3. The number of urea groups is 1. The number of aliphatic hydroxyl groups is 1. The normalized spacial score (nSPS) is 20.1. The maximum atomic E-state index is 14.3. The number of ether oxygens (including phenoxy) is 2. The molecule has 12 heteroatoms. The average molecular weight is 685 g/mol. The second-order valence-corrected chi connectivity index (χ2v) is 12.8. The number of hydrogen-bond donors (Lipinski definition) is 3. The molecule has 0 aliphatic carbocycles. The van der Waals surface area contributed by atoms with Gasteiger partial charge in [0.15, 0.2) is 0 Å². The summed E-state index contributed by atoms with van der Waals surface area (Å²) in [6.45, 7) is 7.74. The molecule has 4 atom stereocenters. The lowest BCUT2D eigenvalue weighted by Gasteiger charge is -2.36.